The van der Waals surface area contributed by atoms with Crippen LogP contribution < -0.4 is 10.7 Å². The second kappa shape index (κ2) is 10.1. The molecule has 0 radical (unpaired) electrons. The second-order valence-electron chi connectivity index (χ2n) is 12.1. The van der Waals surface area contributed by atoms with Gasteiger partial charge in [0.15, 0.2) is 11.5 Å². The van der Waals surface area contributed by atoms with E-state index in [1.54, 1.807) is 29.9 Å². The van der Waals surface area contributed by atoms with E-state index in [1.165, 1.54) is 0 Å². The molecule has 1 aliphatic heterocycles. The summed E-state index contributed by atoms with van der Waals surface area (Å²) in [6.45, 7) is 0. The molecule has 0 spiro atoms. The molecule has 0 aliphatic carbocycles. The number of furan rings is 2. The molecule has 6 heterocycles. The zero-order chi connectivity index (χ0) is 32.9. The minimum absolute atomic E-state index is 0.487. The third kappa shape index (κ3) is 3.87. The Morgan fingerprint density at radius 1 is 0.700 bits per heavy atom. The van der Waals surface area contributed by atoms with Crippen LogP contribution in [0.2, 0.25) is 0 Å². The van der Waals surface area contributed by atoms with Crippen LogP contribution in [0, 0.1) is 0 Å². The van der Waals surface area contributed by atoms with Gasteiger partial charge in [0, 0.05) is 53.6 Å². The van der Waals surface area contributed by atoms with Gasteiger partial charge in [0.25, 0.3) is 0 Å². The van der Waals surface area contributed by atoms with Crippen LogP contribution in [0.4, 0.5) is 4.79 Å². The van der Waals surface area contributed by atoms with Crippen molar-refractivity contribution in [1.82, 2.24) is 19.9 Å². The molecule has 10 aromatic rings. The lowest BCUT2D eigenvalue weighted by molar-refractivity contribution is 0.256. The van der Waals surface area contributed by atoms with Gasteiger partial charge in [-0.1, -0.05) is 66.7 Å². The van der Waals surface area contributed by atoms with Gasteiger partial charge in [-0.25, -0.2) is 19.7 Å². The van der Waals surface area contributed by atoms with Crippen molar-refractivity contribution in [3.8, 4) is 44.3 Å². The number of rotatable bonds is 4. The van der Waals surface area contributed by atoms with Crippen molar-refractivity contribution in [1.29, 1.82) is 0 Å². The average Bonchev–Trinajstić information content (AvgIpc) is 3.98. The second-order valence-corrected chi connectivity index (χ2v) is 13.2. The normalized spacial score (nSPS) is 12.8. The monoisotopic (exact) mass is 664 g/mol. The first-order chi connectivity index (χ1) is 24.7. The molecule has 5 aromatic carbocycles. The smallest absolute Gasteiger partial charge is 0.368 e. The topological polar surface area (TPSA) is 123 Å². The largest absolute Gasteiger partial charge is 0.456 e. The summed E-state index contributed by atoms with van der Waals surface area (Å²) in [7, 11) is 0. The molecule has 10 heteroatoms. The average molecular weight is 665 g/mol. The van der Waals surface area contributed by atoms with E-state index in [4.69, 9.17) is 18.8 Å². The molecule has 0 saturated heterocycles. The maximum atomic E-state index is 12.7. The van der Waals surface area contributed by atoms with Crippen LogP contribution in [0.25, 0.3) is 98.4 Å². The summed E-state index contributed by atoms with van der Waals surface area (Å²) >= 11 is 1.68. The lowest BCUT2D eigenvalue weighted by Gasteiger charge is -2.18. The van der Waals surface area contributed by atoms with Gasteiger partial charge in [0.05, 0.1) is 17.9 Å². The van der Waals surface area contributed by atoms with Crippen molar-refractivity contribution >= 4 is 71.5 Å². The fraction of sp³-hybridized carbons (Fsp3) is 0. The first-order valence-corrected chi connectivity index (χ1v) is 16.8. The Hall–Kier alpha value is -6.78. The quantitative estimate of drug-likeness (QED) is 0.200. The zero-order valence-electron chi connectivity index (χ0n) is 25.8. The van der Waals surface area contributed by atoms with Crippen LogP contribution in [-0.4, -0.2) is 26.0 Å². The molecular weight excluding hydrogens is 645 g/mol. The number of amides is 2. The maximum absolute atomic E-state index is 12.7. The number of H-pyrrole nitrogens is 1. The number of hydrogen-bond donors (Lipinski definition) is 1. The summed E-state index contributed by atoms with van der Waals surface area (Å²) in [6, 6.07) is 33.6. The summed E-state index contributed by atoms with van der Waals surface area (Å²) in [4.78, 5) is 39.9. The third-order valence-electron chi connectivity index (χ3n) is 9.27. The minimum atomic E-state index is -0.541. The Labute approximate surface area is 284 Å². The molecular formula is C40H20N6O3S. The lowest BCUT2D eigenvalue weighted by Crippen LogP contribution is -2.23. The van der Waals surface area contributed by atoms with Crippen LogP contribution >= 0.6 is 11.3 Å². The molecule has 5 aromatic heterocycles. The predicted octanol–water partition coefficient (Wildman–Crippen LogP) is 9.25. The van der Waals surface area contributed by atoms with Crippen LogP contribution in [0.3, 0.4) is 0 Å². The van der Waals surface area contributed by atoms with E-state index < -0.39 is 6.03 Å². The number of hydrogen-bond acceptors (Lipinski definition) is 7. The lowest BCUT2D eigenvalue weighted by atomic mass is 9.85. The number of thiophene rings is 1. The van der Waals surface area contributed by atoms with Gasteiger partial charge in [-0.05, 0) is 41.8 Å². The first-order valence-electron chi connectivity index (χ1n) is 15.9. The highest BCUT2D eigenvalue weighted by Gasteiger charge is 2.32. The van der Waals surface area contributed by atoms with E-state index in [0.29, 0.717) is 44.7 Å². The summed E-state index contributed by atoms with van der Waals surface area (Å²) in [5.41, 5.74) is 7.16. The Balaban J connectivity index is 1.43. The molecule has 234 valence electrons. The van der Waals surface area contributed by atoms with E-state index in [2.05, 4.69) is 50.3 Å². The molecule has 0 atom stereocenters. The fourth-order valence-corrected chi connectivity index (χ4v) is 8.28. The number of aromatic nitrogens is 4. The van der Waals surface area contributed by atoms with Gasteiger partial charge in [-0.2, -0.15) is 9.98 Å². The van der Waals surface area contributed by atoms with Crippen LogP contribution in [0.5, 0.6) is 0 Å². The molecule has 50 heavy (non-hydrogen) atoms. The van der Waals surface area contributed by atoms with E-state index in [9.17, 15) is 4.79 Å². The van der Waals surface area contributed by atoms with Crippen molar-refractivity contribution in [2.24, 2.45) is 9.98 Å². The van der Waals surface area contributed by atoms with Crippen molar-refractivity contribution in [2.75, 3.05) is 0 Å². The number of fused-ring (bicyclic) bond motifs is 7. The van der Waals surface area contributed by atoms with Crippen molar-refractivity contribution in [3.05, 3.63) is 126 Å². The van der Waals surface area contributed by atoms with Gasteiger partial charge in [-0.3, -0.25) is 0 Å². The summed E-state index contributed by atoms with van der Waals surface area (Å²) in [5, 5.41) is 4.78. The Morgan fingerprint density at radius 2 is 1.54 bits per heavy atom. The van der Waals surface area contributed by atoms with Gasteiger partial charge in [0.2, 0.25) is 0 Å². The molecule has 0 fully saturated rings. The molecule has 11 rings (SSSR count). The molecule has 1 aliphatic rings. The number of nitrogens with zero attached hydrogens (tertiary/aromatic N) is 5. The SMILES string of the molecule is O=C1N=c2cccc(-c3c(-c4cc5ccccc5o4)c(-c4cc5ccccc5s4)c(-c4ncc5[nH]cnc5n4)c4c3oc3ccccc34)c2=N1. The van der Waals surface area contributed by atoms with Gasteiger partial charge >= 0.3 is 6.03 Å². The highest BCUT2D eigenvalue weighted by molar-refractivity contribution is 7.22. The standard InChI is InChI=1S/C40H20N6O3S/c47-40-44-24-12-7-11-23(36(24)45-40)32-33(28-16-20-8-1-4-13-26(20)48-28)34(30-17-21-9-2-6-15-29(21)50-30)35(39-41-18-25-38(46-39)43-19-42-25)31-22-10-3-5-14-27(22)49-37(31)32/h1-19H,(H,41,42,43,46). The predicted molar refractivity (Wildman–Crippen MR) is 194 cm³/mol. The number of carbonyl (C=O) groups is 1. The van der Waals surface area contributed by atoms with Gasteiger partial charge in [0.1, 0.15) is 33.4 Å². The number of urea groups is 1. The molecule has 0 unspecified atom stereocenters. The molecule has 9 nitrogen and oxygen atoms in total. The fourth-order valence-electron chi connectivity index (χ4n) is 7.16. The van der Waals surface area contributed by atoms with Gasteiger partial charge in [-0.15, -0.1) is 11.3 Å². The van der Waals surface area contributed by atoms with Gasteiger partial charge < -0.3 is 13.8 Å². The maximum Gasteiger partial charge on any atom is 0.368 e. The number of para-hydroxylation sites is 3. The highest BCUT2D eigenvalue weighted by Crippen LogP contribution is 2.54. The highest BCUT2D eigenvalue weighted by atomic mass is 32.1. The van der Waals surface area contributed by atoms with E-state index in [0.717, 1.165) is 64.5 Å². The number of carbonyl (C=O) groups excluding carboxylic acids is 1. The van der Waals surface area contributed by atoms with Crippen molar-refractivity contribution in [3.63, 3.8) is 0 Å². The summed E-state index contributed by atoms with van der Waals surface area (Å²) in [6.07, 6.45) is 3.38. The summed E-state index contributed by atoms with van der Waals surface area (Å²) < 4.78 is 14.8. The number of imidazole rings is 1. The van der Waals surface area contributed by atoms with Crippen LogP contribution in [-0.2, 0) is 0 Å². The van der Waals surface area contributed by atoms with E-state index >= 15 is 0 Å². The Bertz CT molecular complexity index is 3140. The number of benzene rings is 5. The Morgan fingerprint density at radius 3 is 2.44 bits per heavy atom. The van der Waals surface area contributed by atoms with E-state index in [-0.39, 0.29) is 0 Å². The van der Waals surface area contributed by atoms with Crippen molar-refractivity contribution < 1.29 is 13.6 Å². The molecule has 2 amide bonds. The molecule has 1 N–H and O–H groups in total. The zero-order valence-corrected chi connectivity index (χ0v) is 26.7. The Kier molecular flexibility index (Phi) is 5.50. The van der Waals surface area contributed by atoms with Crippen LogP contribution in [0.15, 0.2) is 134 Å². The van der Waals surface area contributed by atoms with E-state index in [1.807, 2.05) is 66.7 Å². The number of nitrogens with one attached hydrogen (secondary N) is 1. The minimum Gasteiger partial charge on any atom is -0.456 e. The molecule has 0 saturated carbocycles. The first kappa shape index (κ1) is 27.2. The van der Waals surface area contributed by atoms with Crippen molar-refractivity contribution in [2.45, 2.75) is 0 Å². The summed E-state index contributed by atoms with van der Waals surface area (Å²) in [5.74, 6) is 1.11. The molecule has 0 bridgehead atoms. The third-order valence-corrected chi connectivity index (χ3v) is 10.4. The van der Waals surface area contributed by atoms with Crippen LogP contribution in [0.1, 0.15) is 0 Å². The number of aromatic amines is 1.